The molecule has 3 rings (SSSR count). The SMILES string of the molecule is O=C(NC1CCC(O)CC1)C1=N[NH2+]C=C1NC(=O)c1c(F)cccc1Cl. The summed E-state index contributed by atoms with van der Waals surface area (Å²) < 4.78 is 13.9. The van der Waals surface area contributed by atoms with Gasteiger partial charge >= 0.3 is 0 Å². The molecule has 2 aliphatic rings. The zero-order valence-electron chi connectivity index (χ0n) is 13.8. The first-order valence-electron chi connectivity index (χ1n) is 8.31. The van der Waals surface area contributed by atoms with E-state index in [-0.39, 0.29) is 34.1 Å². The van der Waals surface area contributed by atoms with Crippen LogP contribution in [0, 0.1) is 5.82 Å². The molecule has 1 aromatic rings. The molecule has 0 bridgehead atoms. The van der Waals surface area contributed by atoms with Crippen LogP contribution < -0.4 is 16.1 Å². The van der Waals surface area contributed by atoms with Crippen LogP contribution >= 0.6 is 11.6 Å². The van der Waals surface area contributed by atoms with Crippen molar-refractivity contribution in [3.05, 3.63) is 46.5 Å². The van der Waals surface area contributed by atoms with Gasteiger partial charge in [-0.3, -0.25) is 9.59 Å². The lowest BCUT2D eigenvalue weighted by Gasteiger charge is -2.26. The molecule has 138 valence electrons. The van der Waals surface area contributed by atoms with Gasteiger partial charge in [0.05, 0.1) is 16.7 Å². The maximum atomic E-state index is 13.9. The van der Waals surface area contributed by atoms with E-state index in [1.165, 1.54) is 23.8 Å². The van der Waals surface area contributed by atoms with Gasteiger partial charge in [0.15, 0.2) is 0 Å². The molecule has 2 amide bonds. The Hall–Kier alpha value is -2.29. The van der Waals surface area contributed by atoms with E-state index in [1.54, 1.807) is 0 Å². The van der Waals surface area contributed by atoms with E-state index in [4.69, 9.17) is 11.6 Å². The number of carbonyl (C=O) groups excluding carboxylic acids is 2. The molecular formula is C17H19ClFN4O3+. The Labute approximate surface area is 154 Å². The topological polar surface area (TPSA) is 107 Å². The average molecular weight is 382 g/mol. The zero-order valence-corrected chi connectivity index (χ0v) is 14.6. The number of hydrogen-bond acceptors (Lipinski definition) is 4. The summed E-state index contributed by atoms with van der Waals surface area (Å²) in [4.78, 5) is 24.8. The number of aliphatic hydroxyl groups excluding tert-OH is 1. The van der Waals surface area contributed by atoms with Crippen molar-refractivity contribution in [3.8, 4) is 0 Å². The Morgan fingerprint density at radius 3 is 2.65 bits per heavy atom. The predicted molar refractivity (Wildman–Crippen MR) is 92.7 cm³/mol. The fourth-order valence-electron chi connectivity index (χ4n) is 2.99. The van der Waals surface area contributed by atoms with Gasteiger partial charge < -0.3 is 15.7 Å². The van der Waals surface area contributed by atoms with Crippen LogP contribution in [-0.2, 0) is 4.79 Å². The van der Waals surface area contributed by atoms with Crippen molar-refractivity contribution in [1.29, 1.82) is 0 Å². The summed E-state index contributed by atoms with van der Waals surface area (Å²) in [5.74, 6) is -1.93. The van der Waals surface area contributed by atoms with Gasteiger partial charge in [0.2, 0.25) is 5.71 Å². The first kappa shape index (κ1) is 18.5. The molecule has 0 spiro atoms. The number of rotatable bonds is 4. The Morgan fingerprint density at radius 1 is 1.23 bits per heavy atom. The average Bonchev–Trinajstić information content (AvgIpc) is 3.05. The van der Waals surface area contributed by atoms with Gasteiger partial charge in [-0.05, 0) is 37.8 Å². The van der Waals surface area contributed by atoms with Crippen molar-refractivity contribution in [3.63, 3.8) is 0 Å². The highest BCUT2D eigenvalue weighted by molar-refractivity contribution is 6.45. The van der Waals surface area contributed by atoms with E-state index in [0.717, 1.165) is 6.07 Å². The van der Waals surface area contributed by atoms with E-state index in [0.29, 0.717) is 25.7 Å². The summed E-state index contributed by atoms with van der Waals surface area (Å²) in [6.45, 7) is 0. The van der Waals surface area contributed by atoms with Gasteiger partial charge in [0, 0.05) is 6.04 Å². The van der Waals surface area contributed by atoms with Gasteiger partial charge in [-0.15, -0.1) is 0 Å². The number of amides is 2. The molecule has 1 aromatic carbocycles. The second kappa shape index (κ2) is 7.94. The predicted octanol–water partition coefficient (Wildman–Crippen LogP) is 0.403. The fourth-order valence-corrected chi connectivity index (χ4v) is 3.24. The number of nitrogens with two attached hydrogens (primary N) is 1. The van der Waals surface area contributed by atoms with Gasteiger partial charge in [-0.1, -0.05) is 22.8 Å². The summed E-state index contributed by atoms with van der Waals surface area (Å²) in [5, 5.41) is 18.8. The Morgan fingerprint density at radius 2 is 1.96 bits per heavy atom. The highest BCUT2D eigenvalue weighted by Crippen LogP contribution is 2.20. The van der Waals surface area contributed by atoms with Crippen LogP contribution in [0.1, 0.15) is 36.0 Å². The molecule has 0 unspecified atom stereocenters. The Bertz CT molecular complexity index is 768. The first-order valence-corrected chi connectivity index (χ1v) is 8.69. The third-order valence-corrected chi connectivity index (χ3v) is 4.70. The summed E-state index contributed by atoms with van der Waals surface area (Å²) in [7, 11) is 0. The Kier molecular flexibility index (Phi) is 5.65. The van der Waals surface area contributed by atoms with Gasteiger partial charge in [-0.2, -0.15) is 5.43 Å². The largest absolute Gasteiger partial charge is 0.393 e. The highest BCUT2D eigenvalue weighted by Gasteiger charge is 2.30. The minimum Gasteiger partial charge on any atom is -0.393 e. The number of hydrogen-bond donors (Lipinski definition) is 4. The number of nitrogens with zero attached hydrogens (tertiary/aromatic N) is 1. The second-order valence-electron chi connectivity index (χ2n) is 6.24. The molecule has 26 heavy (non-hydrogen) atoms. The first-order chi connectivity index (χ1) is 12.5. The molecule has 0 saturated heterocycles. The van der Waals surface area contributed by atoms with Gasteiger partial charge in [-0.25, -0.2) is 4.39 Å². The number of benzene rings is 1. The standard InChI is InChI=1S/C17H18ClFN4O3/c18-11-2-1-3-12(19)14(11)16(25)22-13-8-20-23-15(13)17(26)21-9-4-6-10(24)7-5-9/h1-3,8-10,24H,4-7H2,(H,20,23)(H,21,26)(H,22,25)/p+1. The molecule has 1 fully saturated rings. The van der Waals surface area contributed by atoms with Crippen molar-refractivity contribution >= 4 is 29.1 Å². The van der Waals surface area contributed by atoms with E-state index in [9.17, 15) is 19.1 Å². The smallest absolute Gasteiger partial charge is 0.278 e. The second-order valence-corrected chi connectivity index (χ2v) is 6.64. The lowest BCUT2D eigenvalue weighted by molar-refractivity contribution is -0.590. The quantitative estimate of drug-likeness (QED) is 0.567. The molecule has 7 nitrogen and oxygen atoms in total. The third-order valence-electron chi connectivity index (χ3n) is 4.38. The van der Waals surface area contributed by atoms with Crippen molar-refractivity contribution in [2.45, 2.75) is 37.8 Å². The summed E-state index contributed by atoms with van der Waals surface area (Å²) in [6, 6.07) is 3.90. The Balaban J connectivity index is 1.65. The lowest BCUT2D eigenvalue weighted by Crippen LogP contribution is -2.69. The van der Waals surface area contributed by atoms with E-state index in [1.807, 2.05) is 0 Å². The number of carbonyl (C=O) groups is 2. The van der Waals surface area contributed by atoms with Crippen LogP contribution in [0.4, 0.5) is 4.39 Å². The van der Waals surface area contributed by atoms with Crippen LogP contribution in [0.15, 0.2) is 35.2 Å². The molecule has 9 heteroatoms. The lowest BCUT2D eigenvalue weighted by atomic mass is 9.93. The van der Waals surface area contributed by atoms with E-state index < -0.39 is 17.6 Å². The van der Waals surface area contributed by atoms with E-state index >= 15 is 0 Å². The van der Waals surface area contributed by atoms with Crippen LogP contribution in [0.25, 0.3) is 0 Å². The van der Waals surface area contributed by atoms with Crippen LogP contribution in [0.5, 0.6) is 0 Å². The molecular weight excluding hydrogens is 363 g/mol. The number of nitrogens with one attached hydrogen (secondary N) is 2. The minimum atomic E-state index is -0.754. The molecule has 0 atom stereocenters. The number of quaternary nitrogens is 1. The normalized spacial score (nSPS) is 22.4. The van der Waals surface area contributed by atoms with Crippen molar-refractivity contribution < 1.29 is 24.5 Å². The molecule has 0 aromatic heterocycles. The van der Waals surface area contributed by atoms with Crippen molar-refractivity contribution in [2.24, 2.45) is 5.10 Å². The number of aliphatic hydroxyl groups is 1. The van der Waals surface area contributed by atoms with Crippen molar-refractivity contribution in [2.75, 3.05) is 0 Å². The van der Waals surface area contributed by atoms with Gasteiger partial charge in [0.25, 0.3) is 11.8 Å². The fraction of sp³-hybridized carbons (Fsp3) is 0.353. The monoisotopic (exact) mass is 381 g/mol. The minimum absolute atomic E-state index is 0.0196. The third kappa shape index (κ3) is 4.09. The maximum absolute atomic E-state index is 13.9. The maximum Gasteiger partial charge on any atom is 0.278 e. The summed E-state index contributed by atoms with van der Waals surface area (Å²) in [5.41, 5.74) is 1.33. The van der Waals surface area contributed by atoms with Crippen molar-refractivity contribution in [1.82, 2.24) is 10.6 Å². The molecule has 1 heterocycles. The van der Waals surface area contributed by atoms with E-state index in [2.05, 4.69) is 15.7 Å². The molecule has 0 radical (unpaired) electrons. The molecule has 1 aliphatic heterocycles. The molecule has 1 saturated carbocycles. The molecule has 1 aliphatic carbocycles. The number of halogens is 2. The highest BCUT2D eigenvalue weighted by atomic mass is 35.5. The van der Waals surface area contributed by atoms with Crippen LogP contribution in [-0.4, -0.2) is 34.8 Å². The summed E-state index contributed by atoms with van der Waals surface area (Å²) >= 11 is 5.89. The van der Waals surface area contributed by atoms with Crippen LogP contribution in [0.2, 0.25) is 5.02 Å². The zero-order chi connectivity index (χ0) is 18.7. The summed E-state index contributed by atoms with van der Waals surface area (Å²) in [6.07, 6.45) is 3.77. The molecule has 5 N–H and O–H groups in total. The van der Waals surface area contributed by atoms with Gasteiger partial charge in [0.1, 0.15) is 17.7 Å². The van der Waals surface area contributed by atoms with Crippen LogP contribution in [0.3, 0.4) is 0 Å².